The van der Waals surface area contributed by atoms with E-state index in [0.29, 0.717) is 17.7 Å². The van der Waals surface area contributed by atoms with Crippen molar-refractivity contribution < 1.29 is 24.6 Å². The summed E-state index contributed by atoms with van der Waals surface area (Å²) >= 11 is 0. The maximum absolute atomic E-state index is 12.3. The first-order chi connectivity index (χ1) is 13.3. The lowest BCUT2D eigenvalue weighted by Gasteiger charge is -2.18. The molecule has 1 aliphatic carbocycles. The fourth-order valence-corrected chi connectivity index (χ4v) is 2.96. The van der Waals surface area contributed by atoms with E-state index in [-0.39, 0.29) is 11.3 Å². The number of benzene rings is 2. The van der Waals surface area contributed by atoms with Crippen LogP contribution in [0.15, 0.2) is 35.5 Å². The van der Waals surface area contributed by atoms with Gasteiger partial charge in [0.25, 0.3) is 11.4 Å². The summed E-state index contributed by atoms with van der Waals surface area (Å²) in [5.41, 5.74) is 1.23. The van der Waals surface area contributed by atoms with E-state index in [4.69, 9.17) is 4.84 Å². The zero-order valence-corrected chi connectivity index (χ0v) is 14.7. The van der Waals surface area contributed by atoms with Crippen LogP contribution in [0.5, 0.6) is 5.75 Å². The van der Waals surface area contributed by atoms with Crippen LogP contribution < -0.4 is 0 Å². The summed E-state index contributed by atoms with van der Waals surface area (Å²) < 4.78 is 0. The van der Waals surface area contributed by atoms with E-state index in [0.717, 1.165) is 42.2 Å². The lowest BCUT2D eigenvalue weighted by Crippen LogP contribution is -2.14. The molecule has 0 spiro atoms. The van der Waals surface area contributed by atoms with Gasteiger partial charge in [0.05, 0.1) is 27.2 Å². The number of nitrogens with zero attached hydrogens (tertiary/aromatic N) is 3. The van der Waals surface area contributed by atoms with Crippen molar-refractivity contribution in [2.45, 2.75) is 26.2 Å². The third kappa shape index (κ3) is 3.80. The largest absolute Gasteiger partial charge is 0.508 e. The number of aryl methyl sites for hydroxylation is 2. The Morgan fingerprint density at radius 3 is 2.32 bits per heavy atom. The maximum atomic E-state index is 12.3. The van der Waals surface area contributed by atoms with E-state index in [2.05, 4.69) is 5.16 Å². The summed E-state index contributed by atoms with van der Waals surface area (Å²) in [4.78, 5) is 37.4. The SMILES string of the molecule is Cc1cc2c(cc1O)CCC/C2=N\OC(=O)c1cc([N+](=O)[O-])cc([N+](=O)[O-])c1. The summed E-state index contributed by atoms with van der Waals surface area (Å²) in [5, 5.41) is 35.6. The predicted octanol–water partition coefficient (Wildman–Crippen LogP) is 3.41. The highest BCUT2D eigenvalue weighted by atomic mass is 16.7. The fraction of sp³-hybridized carbons (Fsp3) is 0.222. The second kappa shape index (κ2) is 7.43. The molecule has 0 saturated heterocycles. The van der Waals surface area contributed by atoms with E-state index in [9.17, 15) is 30.1 Å². The molecule has 0 aromatic heterocycles. The zero-order valence-electron chi connectivity index (χ0n) is 14.7. The molecule has 0 atom stereocenters. The van der Waals surface area contributed by atoms with E-state index < -0.39 is 27.2 Å². The highest BCUT2D eigenvalue weighted by Crippen LogP contribution is 2.29. The Morgan fingerprint density at radius 2 is 1.71 bits per heavy atom. The first-order valence-corrected chi connectivity index (χ1v) is 8.31. The molecule has 0 heterocycles. The first-order valence-electron chi connectivity index (χ1n) is 8.31. The summed E-state index contributed by atoms with van der Waals surface area (Å²) in [5.74, 6) is -0.872. The van der Waals surface area contributed by atoms with E-state index in [1.54, 1.807) is 19.1 Å². The van der Waals surface area contributed by atoms with Crippen LogP contribution in [0.4, 0.5) is 11.4 Å². The molecule has 0 bridgehead atoms. The smallest absolute Gasteiger partial charge is 0.366 e. The van der Waals surface area contributed by atoms with Crippen LogP contribution in [0, 0.1) is 27.2 Å². The number of non-ortho nitro benzene ring substituents is 2. The third-order valence-electron chi connectivity index (χ3n) is 4.39. The van der Waals surface area contributed by atoms with Gasteiger partial charge in [-0.1, -0.05) is 5.16 Å². The molecule has 1 N–H and O–H groups in total. The lowest BCUT2D eigenvalue weighted by molar-refractivity contribution is -0.394. The van der Waals surface area contributed by atoms with Crippen LogP contribution in [0.1, 0.15) is 39.9 Å². The highest BCUT2D eigenvalue weighted by Gasteiger charge is 2.22. The van der Waals surface area contributed by atoms with Gasteiger partial charge in [-0.2, -0.15) is 0 Å². The van der Waals surface area contributed by atoms with E-state index in [1.165, 1.54) is 0 Å². The lowest BCUT2D eigenvalue weighted by atomic mass is 9.88. The molecule has 2 aromatic rings. The van der Waals surface area contributed by atoms with Gasteiger partial charge in [0.15, 0.2) is 0 Å². The Labute approximate surface area is 158 Å². The fourth-order valence-electron chi connectivity index (χ4n) is 2.96. The molecule has 0 radical (unpaired) electrons. The van der Waals surface area contributed by atoms with Gasteiger partial charge in [0, 0.05) is 17.7 Å². The van der Waals surface area contributed by atoms with Gasteiger partial charge in [-0.15, -0.1) is 0 Å². The first kappa shape index (κ1) is 19.0. The van der Waals surface area contributed by atoms with Crippen LogP contribution in [0.2, 0.25) is 0 Å². The molecular weight excluding hydrogens is 370 g/mol. The average molecular weight is 385 g/mol. The van der Waals surface area contributed by atoms with Gasteiger partial charge in [-0.3, -0.25) is 20.2 Å². The van der Waals surface area contributed by atoms with E-state index >= 15 is 0 Å². The second-order valence-electron chi connectivity index (χ2n) is 6.32. The van der Waals surface area contributed by atoms with Crippen LogP contribution in [0.3, 0.4) is 0 Å². The number of phenolic OH excluding ortho intramolecular Hbond substituents is 1. The second-order valence-corrected chi connectivity index (χ2v) is 6.32. The maximum Gasteiger partial charge on any atom is 0.366 e. The molecule has 0 saturated carbocycles. The number of carbonyl (C=O) groups is 1. The van der Waals surface area contributed by atoms with Crippen molar-refractivity contribution in [2.24, 2.45) is 5.16 Å². The molecule has 28 heavy (non-hydrogen) atoms. The van der Waals surface area contributed by atoms with Gasteiger partial charge < -0.3 is 9.94 Å². The number of hydrogen-bond donors (Lipinski definition) is 1. The number of fused-ring (bicyclic) bond motifs is 1. The van der Waals surface area contributed by atoms with Crippen molar-refractivity contribution >= 4 is 23.1 Å². The van der Waals surface area contributed by atoms with Gasteiger partial charge in [0.1, 0.15) is 5.75 Å². The Balaban J connectivity index is 1.90. The number of hydrogen-bond acceptors (Lipinski definition) is 8. The van der Waals surface area contributed by atoms with Crippen LogP contribution >= 0.6 is 0 Å². The third-order valence-corrected chi connectivity index (χ3v) is 4.39. The monoisotopic (exact) mass is 385 g/mol. The van der Waals surface area contributed by atoms with Gasteiger partial charge >= 0.3 is 5.97 Å². The highest BCUT2D eigenvalue weighted by molar-refractivity contribution is 6.03. The number of phenols is 1. The van der Waals surface area contributed by atoms with Gasteiger partial charge in [0.2, 0.25) is 0 Å². The normalized spacial score (nSPS) is 14.4. The zero-order chi connectivity index (χ0) is 20.4. The summed E-state index contributed by atoms with van der Waals surface area (Å²) in [6.07, 6.45) is 2.03. The number of carbonyl (C=O) groups excluding carboxylic acids is 1. The van der Waals surface area contributed by atoms with Gasteiger partial charge in [-0.05, 0) is 49.4 Å². The Morgan fingerprint density at radius 1 is 1.07 bits per heavy atom. The molecule has 0 fully saturated rings. The average Bonchev–Trinajstić information content (AvgIpc) is 2.66. The summed E-state index contributed by atoms with van der Waals surface area (Å²) in [6.45, 7) is 1.73. The van der Waals surface area contributed by atoms with Crippen LogP contribution in [0.25, 0.3) is 0 Å². The molecular formula is C18H15N3O7. The molecule has 10 nitrogen and oxygen atoms in total. The molecule has 3 rings (SSSR count). The van der Waals surface area contributed by atoms with Crippen molar-refractivity contribution in [3.05, 3.63) is 72.8 Å². The summed E-state index contributed by atoms with van der Waals surface area (Å²) in [6, 6.07) is 5.94. The number of oxime groups is 1. The summed E-state index contributed by atoms with van der Waals surface area (Å²) in [7, 11) is 0. The minimum Gasteiger partial charge on any atom is -0.508 e. The Bertz CT molecular complexity index is 998. The number of nitro groups is 2. The van der Waals surface area contributed by atoms with Gasteiger partial charge in [-0.25, -0.2) is 4.79 Å². The molecule has 1 aliphatic rings. The van der Waals surface area contributed by atoms with Crippen LogP contribution in [-0.2, 0) is 11.3 Å². The minimum atomic E-state index is -1.04. The van der Waals surface area contributed by atoms with Crippen molar-refractivity contribution in [3.8, 4) is 5.75 Å². The molecule has 144 valence electrons. The molecule has 0 unspecified atom stereocenters. The van der Waals surface area contributed by atoms with E-state index in [1.807, 2.05) is 0 Å². The van der Waals surface area contributed by atoms with Crippen molar-refractivity contribution in [1.29, 1.82) is 0 Å². The standard InChI is InChI=1S/C18H15N3O7/c1-10-5-15-11(8-17(10)22)3-2-4-16(15)19-28-18(23)12-6-13(20(24)25)9-14(7-12)21(26)27/h5-9,22H,2-4H2,1H3/b19-16+. The topological polar surface area (TPSA) is 145 Å². The van der Waals surface area contributed by atoms with Crippen LogP contribution in [-0.4, -0.2) is 26.6 Å². The van der Waals surface area contributed by atoms with Crippen molar-refractivity contribution in [2.75, 3.05) is 0 Å². The number of rotatable bonds is 4. The quantitative estimate of drug-likeness (QED) is 0.482. The molecule has 2 aromatic carbocycles. The minimum absolute atomic E-state index is 0.167. The number of nitro benzene ring substituents is 2. The number of aromatic hydroxyl groups is 1. The molecule has 0 amide bonds. The van der Waals surface area contributed by atoms with Crippen molar-refractivity contribution in [1.82, 2.24) is 0 Å². The Hall–Kier alpha value is -3.82. The molecule has 0 aliphatic heterocycles. The van der Waals surface area contributed by atoms with Crippen molar-refractivity contribution in [3.63, 3.8) is 0 Å². The Kier molecular flexibility index (Phi) is 5.03. The molecule has 10 heteroatoms. The predicted molar refractivity (Wildman–Crippen MR) is 97.5 cm³/mol.